The summed E-state index contributed by atoms with van der Waals surface area (Å²) in [6.45, 7) is 0. The molecule has 0 bridgehead atoms. The van der Waals surface area contributed by atoms with E-state index in [4.69, 9.17) is 0 Å². The molecule has 0 amide bonds. The van der Waals surface area contributed by atoms with Crippen LogP contribution in [-0.4, -0.2) is 22.0 Å². The largest absolute Gasteiger partial charge is 0.365 e. The predicted octanol–water partition coefficient (Wildman–Crippen LogP) is 2.55. The molecule has 0 atom stereocenters. The molecule has 0 unspecified atom stereocenters. The van der Waals surface area contributed by atoms with Gasteiger partial charge in [0, 0.05) is 29.7 Å². The number of hydrogen-bond donors (Lipinski definition) is 1. The highest BCUT2D eigenvalue weighted by Crippen LogP contribution is 2.23. The number of nitrogens with one attached hydrogen (secondary N) is 1. The fourth-order valence-corrected chi connectivity index (χ4v) is 2.41. The first kappa shape index (κ1) is 11.1. The molecule has 0 aliphatic heterocycles. The lowest BCUT2D eigenvalue weighted by Crippen LogP contribution is -2.26. The Morgan fingerprint density at radius 2 is 1.94 bits per heavy atom. The molecule has 4 heteroatoms. The molecule has 0 radical (unpaired) electrons. The summed E-state index contributed by atoms with van der Waals surface area (Å²) in [4.78, 5) is 11.2. The summed E-state index contributed by atoms with van der Waals surface area (Å²) in [6, 6.07) is 8.40. The van der Waals surface area contributed by atoms with Gasteiger partial charge in [-0.3, -0.25) is 4.79 Å². The Balaban J connectivity index is 1.84. The van der Waals surface area contributed by atoms with Crippen molar-refractivity contribution < 1.29 is 4.79 Å². The second-order valence-corrected chi connectivity index (χ2v) is 4.74. The minimum Gasteiger partial charge on any atom is -0.365 e. The lowest BCUT2D eigenvalue weighted by Gasteiger charge is -2.22. The van der Waals surface area contributed by atoms with E-state index >= 15 is 0 Å². The van der Waals surface area contributed by atoms with Gasteiger partial charge < -0.3 is 5.32 Å². The normalized spacial score (nSPS) is 17.0. The zero-order valence-electron chi connectivity index (χ0n) is 10.1. The van der Waals surface area contributed by atoms with Gasteiger partial charge in [0.15, 0.2) is 5.82 Å². The van der Waals surface area contributed by atoms with Gasteiger partial charge in [-0.1, -0.05) is 24.3 Å². The topological polar surface area (TPSA) is 54.9 Å². The van der Waals surface area contributed by atoms with Crippen molar-refractivity contribution in [3.8, 4) is 0 Å². The van der Waals surface area contributed by atoms with Gasteiger partial charge in [-0.15, -0.1) is 5.10 Å². The number of aromatic nitrogens is 2. The minimum atomic E-state index is 0.336. The summed E-state index contributed by atoms with van der Waals surface area (Å²) in [5.74, 6) is 1.20. The standard InChI is InChI=1S/C14H15N3O/c18-12-7-5-11(6-8-12)16-14-13-4-2-1-3-10(13)9-15-17-14/h1-4,9,11H,5-8H2,(H,16,17). The number of carbonyl (C=O) groups excluding carboxylic acids is 1. The number of Topliss-reactive ketones (excluding diaryl/α,β-unsaturated/α-hetero) is 1. The molecule has 0 saturated heterocycles. The molecule has 1 N–H and O–H groups in total. The number of ketones is 1. The van der Waals surface area contributed by atoms with Gasteiger partial charge in [0.2, 0.25) is 0 Å². The van der Waals surface area contributed by atoms with Crippen LogP contribution in [0.25, 0.3) is 10.8 Å². The molecule has 3 rings (SSSR count). The van der Waals surface area contributed by atoms with E-state index in [0.29, 0.717) is 24.7 Å². The predicted molar refractivity (Wildman–Crippen MR) is 70.4 cm³/mol. The molecule has 1 aromatic carbocycles. The van der Waals surface area contributed by atoms with Crippen LogP contribution in [-0.2, 0) is 4.79 Å². The van der Waals surface area contributed by atoms with E-state index in [2.05, 4.69) is 15.5 Å². The Morgan fingerprint density at radius 3 is 2.78 bits per heavy atom. The molecule has 18 heavy (non-hydrogen) atoms. The summed E-state index contributed by atoms with van der Waals surface area (Å²) in [5.41, 5.74) is 0. The Bertz CT molecular complexity index is 567. The number of fused-ring (bicyclic) bond motifs is 1. The third kappa shape index (κ3) is 2.18. The number of rotatable bonds is 2. The van der Waals surface area contributed by atoms with E-state index in [1.165, 1.54) is 0 Å². The molecule has 2 aromatic rings. The van der Waals surface area contributed by atoms with Crippen LogP contribution in [0.4, 0.5) is 5.82 Å². The van der Waals surface area contributed by atoms with Crippen molar-refractivity contribution >= 4 is 22.4 Å². The molecule has 1 aliphatic carbocycles. The smallest absolute Gasteiger partial charge is 0.156 e. The van der Waals surface area contributed by atoms with Crippen LogP contribution in [0.15, 0.2) is 30.5 Å². The SMILES string of the molecule is O=C1CCC(Nc2nncc3ccccc23)CC1. The van der Waals surface area contributed by atoms with Crippen molar-refractivity contribution in [3.05, 3.63) is 30.5 Å². The van der Waals surface area contributed by atoms with Crippen LogP contribution < -0.4 is 5.32 Å². The molecular weight excluding hydrogens is 226 g/mol. The van der Waals surface area contributed by atoms with Crippen molar-refractivity contribution in [1.82, 2.24) is 10.2 Å². The molecular formula is C14H15N3O. The minimum absolute atomic E-state index is 0.336. The second-order valence-electron chi connectivity index (χ2n) is 4.74. The lowest BCUT2D eigenvalue weighted by atomic mass is 9.94. The maximum Gasteiger partial charge on any atom is 0.156 e. The molecule has 1 aromatic heterocycles. The fourth-order valence-electron chi connectivity index (χ4n) is 2.41. The summed E-state index contributed by atoms with van der Waals surface area (Å²) in [6.07, 6.45) is 4.91. The quantitative estimate of drug-likeness (QED) is 0.877. The summed E-state index contributed by atoms with van der Waals surface area (Å²) >= 11 is 0. The van der Waals surface area contributed by atoms with Crippen LogP contribution in [0.3, 0.4) is 0 Å². The first-order valence-electron chi connectivity index (χ1n) is 6.31. The van der Waals surface area contributed by atoms with Crippen molar-refractivity contribution in [2.45, 2.75) is 31.7 Å². The van der Waals surface area contributed by atoms with Crippen LogP contribution in [0, 0.1) is 0 Å². The van der Waals surface area contributed by atoms with Crippen molar-refractivity contribution in [1.29, 1.82) is 0 Å². The second kappa shape index (κ2) is 4.72. The van der Waals surface area contributed by atoms with Gasteiger partial charge in [0.05, 0.1) is 6.20 Å². The van der Waals surface area contributed by atoms with Crippen LogP contribution in [0.1, 0.15) is 25.7 Å². The average molecular weight is 241 g/mol. The first-order valence-corrected chi connectivity index (χ1v) is 6.31. The molecule has 1 fully saturated rings. The highest BCUT2D eigenvalue weighted by molar-refractivity contribution is 5.91. The van der Waals surface area contributed by atoms with E-state index < -0.39 is 0 Å². The molecule has 92 valence electrons. The van der Waals surface area contributed by atoms with E-state index in [-0.39, 0.29) is 0 Å². The summed E-state index contributed by atoms with van der Waals surface area (Å²) < 4.78 is 0. The van der Waals surface area contributed by atoms with Gasteiger partial charge in [0.25, 0.3) is 0 Å². The van der Waals surface area contributed by atoms with Crippen LogP contribution in [0.5, 0.6) is 0 Å². The number of carbonyl (C=O) groups is 1. The Labute approximate surface area is 105 Å². The lowest BCUT2D eigenvalue weighted by molar-refractivity contribution is -0.120. The maximum absolute atomic E-state index is 11.2. The van der Waals surface area contributed by atoms with Crippen LogP contribution in [0.2, 0.25) is 0 Å². The number of hydrogen-bond acceptors (Lipinski definition) is 4. The number of benzene rings is 1. The third-order valence-corrected chi connectivity index (χ3v) is 3.45. The molecule has 4 nitrogen and oxygen atoms in total. The molecule has 1 heterocycles. The maximum atomic E-state index is 11.2. The molecule has 1 aliphatic rings. The Hall–Kier alpha value is -1.97. The van der Waals surface area contributed by atoms with Crippen molar-refractivity contribution in [3.63, 3.8) is 0 Å². The van der Waals surface area contributed by atoms with E-state index in [1.807, 2.05) is 24.3 Å². The highest BCUT2D eigenvalue weighted by Gasteiger charge is 2.19. The van der Waals surface area contributed by atoms with E-state index in [0.717, 1.165) is 29.4 Å². The average Bonchev–Trinajstić information content (AvgIpc) is 2.42. The fraction of sp³-hybridized carbons (Fsp3) is 0.357. The van der Waals surface area contributed by atoms with Gasteiger partial charge >= 0.3 is 0 Å². The number of nitrogens with zero attached hydrogens (tertiary/aromatic N) is 2. The van der Waals surface area contributed by atoms with Gasteiger partial charge in [-0.25, -0.2) is 0 Å². The zero-order chi connectivity index (χ0) is 12.4. The molecule has 1 saturated carbocycles. The van der Waals surface area contributed by atoms with Crippen molar-refractivity contribution in [2.75, 3.05) is 5.32 Å². The first-order chi connectivity index (χ1) is 8.83. The van der Waals surface area contributed by atoms with E-state index in [9.17, 15) is 4.79 Å². The Kier molecular flexibility index (Phi) is 2.92. The van der Waals surface area contributed by atoms with Gasteiger partial charge in [-0.2, -0.15) is 5.10 Å². The van der Waals surface area contributed by atoms with Crippen molar-refractivity contribution in [2.24, 2.45) is 0 Å². The van der Waals surface area contributed by atoms with Crippen LogP contribution >= 0.6 is 0 Å². The summed E-state index contributed by atoms with van der Waals surface area (Å²) in [5, 5.41) is 13.8. The highest BCUT2D eigenvalue weighted by atomic mass is 16.1. The molecule has 0 spiro atoms. The monoisotopic (exact) mass is 241 g/mol. The summed E-state index contributed by atoms with van der Waals surface area (Å²) in [7, 11) is 0. The zero-order valence-corrected chi connectivity index (χ0v) is 10.1. The number of anilines is 1. The van der Waals surface area contributed by atoms with Gasteiger partial charge in [-0.05, 0) is 12.8 Å². The third-order valence-electron chi connectivity index (χ3n) is 3.45. The van der Waals surface area contributed by atoms with Gasteiger partial charge in [0.1, 0.15) is 5.78 Å². The van der Waals surface area contributed by atoms with E-state index in [1.54, 1.807) is 6.20 Å². The Morgan fingerprint density at radius 1 is 1.17 bits per heavy atom.